The molecule has 0 bridgehead atoms. The van der Waals surface area contributed by atoms with Crippen molar-refractivity contribution >= 4 is 27.7 Å². The average Bonchev–Trinajstić information content (AvgIpc) is 2.96. The summed E-state index contributed by atoms with van der Waals surface area (Å²) in [7, 11) is 0. The molecule has 0 atom stereocenters. The van der Waals surface area contributed by atoms with Gasteiger partial charge in [-0.2, -0.15) is 0 Å². The lowest BCUT2D eigenvalue weighted by atomic mass is 10.0. The molecular weight excluding hydrogens is 368 g/mol. The highest BCUT2D eigenvalue weighted by molar-refractivity contribution is 9.10. The number of rotatable bonds is 4. The third kappa shape index (κ3) is 3.85. The Hall–Kier alpha value is -2.14. The Morgan fingerprint density at radius 1 is 1.21 bits per heavy atom. The first-order valence-corrected chi connectivity index (χ1v) is 8.57. The minimum atomic E-state index is -0.415. The van der Waals surface area contributed by atoms with Crippen LogP contribution in [0.4, 0.5) is 0 Å². The van der Waals surface area contributed by atoms with E-state index in [0.29, 0.717) is 12.1 Å². The minimum Gasteiger partial charge on any atom is -0.460 e. The van der Waals surface area contributed by atoms with Crippen molar-refractivity contribution in [2.24, 2.45) is 4.99 Å². The first-order chi connectivity index (χ1) is 11.4. The Balaban J connectivity index is 1.60. The summed E-state index contributed by atoms with van der Waals surface area (Å²) < 4.78 is 6.39. The van der Waals surface area contributed by atoms with Gasteiger partial charge in [0.05, 0.1) is 17.6 Å². The number of nitrogens with zero attached hydrogens (tertiary/aromatic N) is 1. The van der Waals surface area contributed by atoms with Crippen LogP contribution in [0.3, 0.4) is 0 Å². The Kier molecular flexibility index (Phi) is 4.71. The average molecular weight is 387 g/mol. The van der Waals surface area contributed by atoms with Gasteiger partial charge in [-0.1, -0.05) is 40.2 Å². The monoisotopic (exact) mass is 386 g/mol. The van der Waals surface area contributed by atoms with Crippen LogP contribution < -0.4 is 5.32 Å². The van der Waals surface area contributed by atoms with Crippen LogP contribution in [0.15, 0.2) is 58.0 Å². The predicted octanol–water partition coefficient (Wildman–Crippen LogP) is 3.93. The van der Waals surface area contributed by atoms with E-state index in [1.54, 1.807) is 12.1 Å². The molecule has 1 N–H and O–H groups in total. The maximum atomic E-state index is 12.1. The van der Waals surface area contributed by atoms with Crippen molar-refractivity contribution in [1.82, 2.24) is 5.32 Å². The topological polar surface area (TPSA) is 50.7 Å². The van der Waals surface area contributed by atoms with Crippen molar-refractivity contribution in [2.75, 3.05) is 6.61 Å². The maximum absolute atomic E-state index is 12.1. The van der Waals surface area contributed by atoms with Crippen LogP contribution in [-0.4, -0.2) is 24.0 Å². The summed E-state index contributed by atoms with van der Waals surface area (Å²) in [6.07, 6.45) is 0. The fourth-order valence-electron chi connectivity index (χ4n) is 2.52. The van der Waals surface area contributed by atoms with Gasteiger partial charge < -0.3 is 10.1 Å². The van der Waals surface area contributed by atoms with Gasteiger partial charge in [0, 0.05) is 10.0 Å². The first kappa shape index (κ1) is 16.7. The molecule has 0 spiro atoms. The van der Waals surface area contributed by atoms with Crippen LogP contribution in [0.5, 0.6) is 0 Å². The van der Waals surface area contributed by atoms with E-state index in [-0.39, 0.29) is 12.6 Å². The van der Waals surface area contributed by atoms with Crippen molar-refractivity contribution in [3.8, 4) is 0 Å². The molecule has 24 heavy (non-hydrogen) atoms. The van der Waals surface area contributed by atoms with Gasteiger partial charge in [0.25, 0.3) is 0 Å². The van der Waals surface area contributed by atoms with Gasteiger partial charge in [-0.05, 0) is 43.7 Å². The molecule has 0 amide bonds. The molecule has 4 nitrogen and oxygen atoms in total. The van der Waals surface area contributed by atoms with Crippen LogP contribution in [0.1, 0.15) is 35.3 Å². The molecule has 0 radical (unpaired) electrons. The molecule has 0 saturated carbocycles. The van der Waals surface area contributed by atoms with Crippen LogP contribution in [-0.2, 0) is 11.3 Å². The highest BCUT2D eigenvalue weighted by Crippen LogP contribution is 2.19. The molecule has 124 valence electrons. The van der Waals surface area contributed by atoms with Crippen molar-refractivity contribution in [1.29, 1.82) is 0 Å². The van der Waals surface area contributed by atoms with Crippen molar-refractivity contribution in [3.05, 3.63) is 69.7 Å². The molecule has 0 aromatic heterocycles. The van der Waals surface area contributed by atoms with Gasteiger partial charge in [-0.3, -0.25) is 4.99 Å². The molecule has 2 aromatic rings. The molecule has 0 fully saturated rings. The van der Waals surface area contributed by atoms with Gasteiger partial charge in [0.1, 0.15) is 12.4 Å². The van der Waals surface area contributed by atoms with Crippen LogP contribution in [0.25, 0.3) is 0 Å². The number of aliphatic imine (C=N–C) groups is 1. The summed E-state index contributed by atoms with van der Waals surface area (Å²) in [5, 5.41) is 3.39. The number of hydrogen-bond donors (Lipinski definition) is 1. The van der Waals surface area contributed by atoms with E-state index in [9.17, 15) is 4.79 Å². The number of fused-ring (bicyclic) bond motifs is 1. The summed E-state index contributed by atoms with van der Waals surface area (Å²) in [5.41, 5.74) is 2.45. The van der Waals surface area contributed by atoms with E-state index in [2.05, 4.69) is 38.4 Å². The molecular formula is C19H19BrN2O2. The van der Waals surface area contributed by atoms with Gasteiger partial charge in [0.2, 0.25) is 0 Å². The standard InChI is InChI=1S/C19H19BrN2O2/c1-19(2,12-24-18(23)13-7-9-15(20)10-8-13)22-17-16-6-4-3-5-14(16)11-21-17/h3-10H,11-12H2,1-2H3,(H,21,22). The largest absolute Gasteiger partial charge is 0.460 e. The van der Waals surface area contributed by atoms with E-state index in [1.165, 1.54) is 5.56 Å². The number of carbonyl (C=O) groups is 1. The number of nitrogens with one attached hydrogen (secondary N) is 1. The first-order valence-electron chi connectivity index (χ1n) is 7.78. The van der Waals surface area contributed by atoms with Crippen molar-refractivity contribution in [2.45, 2.75) is 25.9 Å². The molecule has 5 heteroatoms. The number of halogens is 1. The maximum Gasteiger partial charge on any atom is 0.338 e. The number of ether oxygens (including phenoxy) is 1. The molecule has 2 aromatic carbocycles. The van der Waals surface area contributed by atoms with E-state index in [0.717, 1.165) is 15.9 Å². The summed E-state index contributed by atoms with van der Waals surface area (Å²) in [5.74, 6) is 0.529. The third-order valence-corrected chi connectivity index (χ3v) is 4.31. The predicted molar refractivity (Wildman–Crippen MR) is 98.3 cm³/mol. The second kappa shape index (κ2) is 6.77. The fourth-order valence-corrected chi connectivity index (χ4v) is 2.78. The molecule has 0 unspecified atom stereocenters. The van der Waals surface area contributed by atoms with Crippen molar-refractivity contribution < 1.29 is 9.53 Å². The minimum absolute atomic E-state index is 0.253. The second-order valence-electron chi connectivity index (χ2n) is 6.41. The SMILES string of the molecule is CC(C)(COC(=O)c1ccc(Br)cc1)NC1=NCc2ccccc21. The van der Waals surface area contributed by atoms with Gasteiger partial charge in [-0.25, -0.2) is 4.79 Å². The fraction of sp³-hybridized carbons (Fsp3) is 0.263. The lowest BCUT2D eigenvalue weighted by Gasteiger charge is -2.27. The molecule has 3 rings (SSSR count). The lowest BCUT2D eigenvalue weighted by Crippen LogP contribution is -2.47. The third-order valence-electron chi connectivity index (χ3n) is 3.78. The number of esters is 1. The Bertz CT molecular complexity index is 782. The highest BCUT2D eigenvalue weighted by atomic mass is 79.9. The Morgan fingerprint density at radius 3 is 2.67 bits per heavy atom. The summed E-state index contributed by atoms with van der Waals surface area (Å²) in [6, 6.07) is 15.3. The zero-order valence-electron chi connectivity index (χ0n) is 13.7. The summed E-state index contributed by atoms with van der Waals surface area (Å²) in [6.45, 7) is 4.92. The number of hydrogen-bond acceptors (Lipinski definition) is 4. The molecule has 1 aliphatic rings. The normalized spacial score (nSPS) is 13.2. The van der Waals surface area contributed by atoms with E-state index in [1.807, 2.05) is 38.1 Å². The quantitative estimate of drug-likeness (QED) is 0.809. The smallest absolute Gasteiger partial charge is 0.338 e. The lowest BCUT2D eigenvalue weighted by molar-refractivity contribution is 0.0417. The Labute approximate surface area is 150 Å². The molecule has 0 saturated heterocycles. The number of benzene rings is 2. The molecule has 0 aliphatic carbocycles. The zero-order chi connectivity index (χ0) is 17.2. The molecule has 1 heterocycles. The van der Waals surface area contributed by atoms with E-state index < -0.39 is 5.54 Å². The van der Waals surface area contributed by atoms with Crippen LogP contribution in [0, 0.1) is 0 Å². The number of amidine groups is 1. The van der Waals surface area contributed by atoms with Gasteiger partial charge >= 0.3 is 5.97 Å². The summed E-state index contributed by atoms with van der Waals surface area (Å²) in [4.78, 5) is 16.7. The number of carbonyl (C=O) groups excluding carboxylic acids is 1. The van der Waals surface area contributed by atoms with Crippen LogP contribution >= 0.6 is 15.9 Å². The van der Waals surface area contributed by atoms with Crippen molar-refractivity contribution in [3.63, 3.8) is 0 Å². The highest BCUT2D eigenvalue weighted by Gasteiger charge is 2.25. The van der Waals surface area contributed by atoms with Gasteiger partial charge in [0.15, 0.2) is 0 Å². The Morgan fingerprint density at radius 2 is 1.92 bits per heavy atom. The zero-order valence-corrected chi connectivity index (χ0v) is 15.3. The summed E-state index contributed by atoms with van der Waals surface area (Å²) >= 11 is 3.35. The van der Waals surface area contributed by atoms with E-state index in [4.69, 9.17) is 4.74 Å². The van der Waals surface area contributed by atoms with E-state index >= 15 is 0 Å². The van der Waals surface area contributed by atoms with Crippen LogP contribution in [0.2, 0.25) is 0 Å². The van der Waals surface area contributed by atoms with Gasteiger partial charge in [-0.15, -0.1) is 0 Å². The second-order valence-corrected chi connectivity index (χ2v) is 7.33. The molecule has 1 aliphatic heterocycles.